The van der Waals surface area contributed by atoms with Crippen LogP contribution in [0, 0.1) is 5.82 Å². The molecule has 1 heterocycles. The lowest BCUT2D eigenvalue weighted by Crippen LogP contribution is -2.30. The summed E-state index contributed by atoms with van der Waals surface area (Å²) in [6.07, 6.45) is 2.89. The third-order valence-electron chi connectivity index (χ3n) is 4.47. The van der Waals surface area contributed by atoms with Gasteiger partial charge in [0, 0.05) is 42.2 Å². The Morgan fingerprint density at radius 3 is 2.21 bits per heavy atom. The number of nitrogen functional groups attached to an aromatic ring is 1. The number of nitrogens with two attached hydrogens (primary N) is 1. The number of hydrogen-bond donors (Lipinski definition) is 1. The molecule has 8 heteroatoms. The van der Waals surface area contributed by atoms with Crippen molar-refractivity contribution in [1.82, 2.24) is 14.3 Å². The van der Waals surface area contributed by atoms with Crippen LogP contribution in [-0.2, 0) is 10.0 Å². The zero-order chi connectivity index (χ0) is 20.3. The molecule has 0 amide bonds. The SMILES string of the molecule is CCN(CC)S(=O)(=O)c1ccccc1-c1ccc(-c2cnc(N)nc2)c(F)c1. The van der Waals surface area contributed by atoms with Crippen LogP contribution in [0.1, 0.15) is 13.8 Å². The lowest BCUT2D eigenvalue weighted by Gasteiger charge is -2.20. The largest absolute Gasteiger partial charge is 0.368 e. The van der Waals surface area contributed by atoms with E-state index in [1.165, 1.54) is 22.8 Å². The molecule has 0 aliphatic heterocycles. The van der Waals surface area contributed by atoms with Gasteiger partial charge in [0.25, 0.3) is 0 Å². The van der Waals surface area contributed by atoms with Gasteiger partial charge in [0.15, 0.2) is 0 Å². The van der Waals surface area contributed by atoms with Gasteiger partial charge >= 0.3 is 0 Å². The molecule has 1 aromatic heterocycles. The van der Waals surface area contributed by atoms with Crippen LogP contribution in [0.15, 0.2) is 59.8 Å². The standard InChI is InChI=1S/C20H21FN4O2S/c1-3-25(4-2)28(26,27)19-8-6-5-7-17(19)14-9-10-16(18(21)11-14)15-12-23-20(22)24-13-15/h5-13H,3-4H2,1-2H3,(H2,22,23,24). The molecule has 6 nitrogen and oxygen atoms in total. The second kappa shape index (κ2) is 8.04. The summed E-state index contributed by atoms with van der Waals surface area (Å²) in [6, 6.07) is 11.2. The molecule has 3 aromatic rings. The first-order chi connectivity index (χ1) is 13.4. The minimum atomic E-state index is -3.68. The Hall–Kier alpha value is -2.84. The van der Waals surface area contributed by atoms with E-state index in [2.05, 4.69) is 9.97 Å². The van der Waals surface area contributed by atoms with Gasteiger partial charge in [-0.25, -0.2) is 22.8 Å². The summed E-state index contributed by atoms with van der Waals surface area (Å²) in [5.74, 6) is -0.391. The van der Waals surface area contributed by atoms with Crippen molar-refractivity contribution in [3.63, 3.8) is 0 Å². The van der Waals surface area contributed by atoms with E-state index in [1.54, 1.807) is 50.2 Å². The Morgan fingerprint density at radius 2 is 1.61 bits per heavy atom. The minimum absolute atomic E-state index is 0.108. The molecule has 0 spiro atoms. The van der Waals surface area contributed by atoms with E-state index in [0.29, 0.717) is 35.3 Å². The van der Waals surface area contributed by atoms with Gasteiger partial charge in [-0.1, -0.05) is 44.2 Å². The van der Waals surface area contributed by atoms with Crippen molar-refractivity contribution < 1.29 is 12.8 Å². The predicted molar refractivity (Wildman–Crippen MR) is 107 cm³/mol. The van der Waals surface area contributed by atoms with Crippen molar-refractivity contribution in [2.45, 2.75) is 18.7 Å². The quantitative estimate of drug-likeness (QED) is 0.683. The number of halogens is 1. The molecular weight excluding hydrogens is 379 g/mol. The van der Waals surface area contributed by atoms with Crippen LogP contribution in [0.4, 0.5) is 10.3 Å². The lowest BCUT2D eigenvalue weighted by molar-refractivity contribution is 0.445. The molecule has 3 rings (SSSR count). The zero-order valence-electron chi connectivity index (χ0n) is 15.6. The van der Waals surface area contributed by atoms with Gasteiger partial charge in [0.05, 0.1) is 4.90 Å². The monoisotopic (exact) mass is 400 g/mol. The normalized spacial score (nSPS) is 11.7. The predicted octanol–water partition coefficient (Wildman–Crippen LogP) is 3.56. The van der Waals surface area contributed by atoms with Crippen LogP contribution < -0.4 is 5.73 Å². The summed E-state index contributed by atoms with van der Waals surface area (Å²) < 4.78 is 42.2. The van der Waals surface area contributed by atoms with Crippen LogP contribution >= 0.6 is 0 Å². The highest BCUT2D eigenvalue weighted by Gasteiger charge is 2.25. The Labute approximate surface area is 163 Å². The fraction of sp³-hybridized carbons (Fsp3) is 0.200. The van der Waals surface area contributed by atoms with Crippen LogP contribution in [0.5, 0.6) is 0 Å². The van der Waals surface area contributed by atoms with Crippen molar-refractivity contribution in [3.05, 3.63) is 60.7 Å². The van der Waals surface area contributed by atoms with E-state index in [9.17, 15) is 12.8 Å². The zero-order valence-corrected chi connectivity index (χ0v) is 16.4. The first-order valence-corrected chi connectivity index (χ1v) is 10.3. The molecule has 0 saturated heterocycles. The summed E-state index contributed by atoms with van der Waals surface area (Å²) in [4.78, 5) is 7.91. The number of hydrogen-bond acceptors (Lipinski definition) is 5. The first-order valence-electron chi connectivity index (χ1n) is 8.85. The maximum absolute atomic E-state index is 14.8. The number of aromatic nitrogens is 2. The maximum atomic E-state index is 14.8. The highest BCUT2D eigenvalue weighted by atomic mass is 32.2. The fourth-order valence-corrected chi connectivity index (χ4v) is 4.70. The summed E-state index contributed by atoms with van der Waals surface area (Å²) in [6.45, 7) is 4.29. The average molecular weight is 400 g/mol. The molecule has 0 unspecified atom stereocenters. The van der Waals surface area contributed by atoms with Gasteiger partial charge < -0.3 is 5.73 Å². The molecule has 0 bridgehead atoms. The molecule has 0 saturated carbocycles. The van der Waals surface area contributed by atoms with Crippen LogP contribution in [0.3, 0.4) is 0 Å². The number of benzene rings is 2. The van der Waals surface area contributed by atoms with E-state index in [1.807, 2.05) is 0 Å². The van der Waals surface area contributed by atoms with E-state index in [-0.39, 0.29) is 10.8 Å². The van der Waals surface area contributed by atoms with Crippen molar-refractivity contribution in [1.29, 1.82) is 0 Å². The summed E-state index contributed by atoms with van der Waals surface area (Å²) in [5, 5.41) is 0. The maximum Gasteiger partial charge on any atom is 0.243 e. The third-order valence-corrected chi connectivity index (χ3v) is 6.58. The third kappa shape index (κ3) is 3.74. The number of anilines is 1. The van der Waals surface area contributed by atoms with Gasteiger partial charge in [-0.05, 0) is 17.7 Å². The second-order valence-corrected chi connectivity index (χ2v) is 8.02. The van der Waals surface area contributed by atoms with Gasteiger partial charge in [0.1, 0.15) is 5.82 Å². The van der Waals surface area contributed by atoms with Gasteiger partial charge in [0.2, 0.25) is 16.0 Å². The fourth-order valence-electron chi connectivity index (χ4n) is 3.03. The van der Waals surface area contributed by atoms with E-state index in [0.717, 1.165) is 0 Å². The van der Waals surface area contributed by atoms with Gasteiger partial charge in [-0.2, -0.15) is 4.31 Å². The highest BCUT2D eigenvalue weighted by Crippen LogP contribution is 2.32. The molecule has 0 aliphatic carbocycles. The van der Waals surface area contributed by atoms with Crippen LogP contribution in [0.2, 0.25) is 0 Å². The van der Waals surface area contributed by atoms with Crippen molar-refractivity contribution >= 4 is 16.0 Å². The summed E-state index contributed by atoms with van der Waals surface area (Å²) in [5.41, 5.74) is 7.20. The van der Waals surface area contributed by atoms with Crippen molar-refractivity contribution in [2.75, 3.05) is 18.8 Å². The van der Waals surface area contributed by atoms with Gasteiger partial charge in [-0.3, -0.25) is 0 Å². The molecule has 0 fully saturated rings. The number of nitrogens with zero attached hydrogens (tertiary/aromatic N) is 3. The number of rotatable bonds is 6. The van der Waals surface area contributed by atoms with E-state index in [4.69, 9.17) is 5.73 Å². The van der Waals surface area contributed by atoms with Crippen LogP contribution in [-0.4, -0.2) is 35.8 Å². The lowest BCUT2D eigenvalue weighted by atomic mass is 10.0. The first kappa shape index (κ1) is 19.9. The Bertz CT molecular complexity index is 1080. The molecule has 0 aliphatic rings. The molecule has 0 atom stereocenters. The Balaban J connectivity index is 2.08. The van der Waals surface area contributed by atoms with Crippen molar-refractivity contribution in [2.24, 2.45) is 0 Å². The average Bonchev–Trinajstić information content (AvgIpc) is 2.69. The summed E-state index contributed by atoms with van der Waals surface area (Å²) in [7, 11) is -3.68. The second-order valence-electron chi connectivity index (χ2n) is 6.11. The van der Waals surface area contributed by atoms with E-state index < -0.39 is 15.8 Å². The summed E-state index contributed by atoms with van der Waals surface area (Å²) >= 11 is 0. The number of sulfonamides is 1. The molecule has 2 N–H and O–H groups in total. The molecule has 0 radical (unpaired) electrons. The Kier molecular flexibility index (Phi) is 5.71. The highest BCUT2D eigenvalue weighted by molar-refractivity contribution is 7.89. The molecule has 2 aromatic carbocycles. The Morgan fingerprint density at radius 1 is 0.964 bits per heavy atom. The van der Waals surface area contributed by atoms with Gasteiger partial charge in [-0.15, -0.1) is 0 Å². The topological polar surface area (TPSA) is 89.2 Å². The van der Waals surface area contributed by atoms with Crippen molar-refractivity contribution in [3.8, 4) is 22.3 Å². The molecular formula is C20H21FN4O2S. The smallest absolute Gasteiger partial charge is 0.243 e. The minimum Gasteiger partial charge on any atom is -0.368 e. The molecule has 28 heavy (non-hydrogen) atoms. The van der Waals surface area contributed by atoms with Crippen LogP contribution in [0.25, 0.3) is 22.3 Å². The molecule has 146 valence electrons. The van der Waals surface area contributed by atoms with E-state index >= 15 is 0 Å².